The van der Waals surface area contributed by atoms with Crippen molar-refractivity contribution >= 4 is 56.2 Å². The number of hydrogen-bond acceptors (Lipinski definition) is 8. The first-order valence-electron chi connectivity index (χ1n) is 9.76. The summed E-state index contributed by atoms with van der Waals surface area (Å²) in [6.45, 7) is 2.06. The van der Waals surface area contributed by atoms with Crippen LogP contribution in [-0.2, 0) is 0 Å². The van der Waals surface area contributed by atoms with Gasteiger partial charge in [-0.3, -0.25) is 4.79 Å². The lowest BCUT2D eigenvalue weighted by molar-refractivity contribution is 0.404. The Balaban J connectivity index is 1.62. The highest BCUT2D eigenvalue weighted by atomic mass is 32.1. The molecule has 160 valence electrons. The van der Waals surface area contributed by atoms with Crippen molar-refractivity contribution in [2.45, 2.75) is 6.92 Å². The summed E-state index contributed by atoms with van der Waals surface area (Å²) >= 11 is 6.74. The summed E-state index contributed by atoms with van der Waals surface area (Å²) in [7, 11) is 3.51. The molecule has 3 heterocycles. The van der Waals surface area contributed by atoms with Gasteiger partial charge >= 0.3 is 0 Å². The van der Waals surface area contributed by atoms with E-state index in [-0.39, 0.29) is 15.9 Å². The number of ether oxygens (including phenoxy) is 1. The lowest BCUT2D eigenvalue weighted by atomic mass is 10.2. The van der Waals surface area contributed by atoms with Crippen LogP contribution in [0.5, 0.6) is 5.75 Å². The molecule has 0 saturated heterocycles. The summed E-state index contributed by atoms with van der Waals surface area (Å²) in [5.74, 6) is 0.401. The van der Waals surface area contributed by atoms with Gasteiger partial charge in [0, 0.05) is 30.7 Å². The van der Waals surface area contributed by atoms with E-state index in [0.717, 1.165) is 21.6 Å². The number of anilines is 2. The van der Waals surface area contributed by atoms with Gasteiger partial charge in [-0.05, 0) is 49.5 Å². The Morgan fingerprint density at radius 2 is 1.88 bits per heavy atom. The smallest absolute Gasteiger partial charge is 0.290 e. The van der Waals surface area contributed by atoms with Gasteiger partial charge in [0.1, 0.15) is 0 Å². The summed E-state index contributed by atoms with van der Waals surface area (Å²) in [5.41, 5.74) is 4.04. The van der Waals surface area contributed by atoms with Crippen molar-refractivity contribution in [3.05, 3.63) is 75.5 Å². The topological polar surface area (TPSA) is 73.4 Å². The van der Waals surface area contributed by atoms with Crippen LogP contribution in [0.15, 0.2) is 63.9 Å². The van der Waals surface area contributed by atoms with Crippen LogP contribution in [-0.4, -0.2) is 28.7 Å². The molecule has 32 heavy (non-hydrogen) atoms. The number of fused-ring (bicyclic) bond motifs is 2. The SMILES string of the molecule is COc1ccnc2c(=O)n(-c3nc4ccc(N(C)c5ccc(C)cc5)cc4s3)c(=S)oc12. The molecule has 3 aromatic heterocycles. The van der Waals surface area contributed by atoms with Crippen molar-refractivity contribution in [1.82, 2.24) is 14.5 Å². The number of nitrogens with zero attached hydrogens (tertiary/aromatic N) is 4. The third-order valence-corrected chi connectivity index (χ3v) is 6.50. The Morgan fingerprint density at radius 1 is 1.12 bits per heavy atom. The molecule has 7 nitrogen and oxygen atoms in total. The number of aryl methyl sites for hydroxylation is 1. The van der Waals surface area contributed by atoms with Crippen LogP contribution in [0, 0.1) is 11.8 Å². The number of rotatable bonds is 4. The van der Waals surface area contributed by atoms with Crippen molar-refractivity contribution in [2.24, 2.45) is 0 Å². The zero-order chi connectivity index (χ0) is 22.4. The summed E-state index contributed by atoms with van der Waals surface area (Å²) in [6, 6.07) is 15.9. The molecule has 0 aliphatic rings. The molecule has 2 aromatic carbocycles. The number of hydrogen-bond donors (Lipinski definition) is 0. The first-order valence-corrected chi connectivity index (χ1v) is 11.0. The first-order chi connectivity index (χ1) is 15.5. The van der Waals surface area contributed by atoms with Gasteiger partial charge in [-0.15, -0.1) is 0 Å². The predicted molar refractivity (Wildman–Crippen MR) is 129 cm³/mol. The van der Waals surface area contributed by atoms with Gasteiger partial charge in [0.25, 0.3) is 10.4 Å². The second kappa shape index (κ2) is 7.85. The van der Waals surface area contributed by atoms with Crippen LogP contribution < -0.4 is 15.2 Å². The number of pyridine rings is 1. The second-order valence-electron chi connectivity index (χ2n) is 7.24. The fourth-order valence-electron chi connectivity index (χ4n) is 3.45. The van der Waals surface area contributed by atoms with Crippen molar-refractivity contribution in [3.8, 4) is 10.9 Å². The molecular formula is C23H18N4O3S2. The van der Waals surface area contributed by atoms with E-state index < -0.39 is 5.56 Å². The third kappa shape index (κ3) is 3.35. The maximum absolute atomic E-state index is 13.2. The highest BCUT2D eigenvalue weighted by molar-refractivity contribution is 7.71. The Morgan fingerprint density at radius 3 is 2.62 bits per heavy atom. The van der Waals surface area contributed by atoms with E-state index >= 15 is 0 Å². The zero-order valence-electron chi connectivity index (χ0n) is 17.5. The molecule has 0 radical (unpaired) electrons. The largest absolute Gasteiger partial charge is 0.493 e. The van der Waals surface area contributed by atoms with Crippen LogP contribution in [0.2, 0.25) is 0 Å². The lowest BCUT2D eigenvalue weighted by Gasteiger charge is -2.19. The molecule has 0 spiro atoms. The highest BCUT2D eigenvalue weighted by Crippen LogP contribution is 2.32. The van der Waals surface area contributed by atoms with E-state index in [4.69, 9.17) is 21.4 Å². The Hall–Kier alpha value is -3.56. The molecule has 0 saturated carbocycles. The van der Waals surface area contributed by atoms with Crippen molar-refractivity contribution in [1.29, 1.82) is 0 Å². The molecular weight excluding hydrogens is 444 g/mol. The normalized spacial score (nSPS) is 11.2. The lowest BCUT2D eigenvalue weighted by Crippen LogP contribution is -2.20. The minimum absolute atomic E-state index is 0.00940. The van der Waals surface area contributed by atoms with Gasteiger partial charge < -0.3 is 14.1 Å². The molecule has 0 aliphatic heterocycles. The zero-order valence-corrected chi connectivity index (χ0v) is 19.2. The number of thiazole rings is 1. The fourth-order valence-corrected chi connectivity index (χ4v) is 4.76. The number of methoxy groups -OCH3 is 1. The average Bonchev–Trinajstić information content (AvgIpc) is 3.21. The number of benzene rings is 2. The summed E-state index contributed by atoms with van der Waals surface area (Å²) in [6.07, 6.45) is 1.50. The molecule has 0 atom stereocenters. The summed E-state index contributed by atoms with van der Waals surface area (Å²) in [5, 5.41) is 0.431. The van der Waals surface area contributed by atoms with Gasteiger partial charge in [0.15, 0.2) is 11.3 Å². The van der Waals surface area contributed by atoms with Crippen molar-refractivity contribution in [3.63, 3.8) is 0 Å². The van der Waals surface area contributed by atoms with Crippen molar-refractivity contribution in [2.75, 3.05) is 19.1 Å². The van der Waals surface area contributed by atoms with Gasteiger partial charge in [-0.2, -0.15) is 0 Å². The Labute approximate surface area is 192 Å². The average molecular weight is 463 g/mol. The van der Waals surface area contributed by atoms with Crippen LogP contribution in [0.3, 0.4) is 0 Å². The van der Waals surface area contributed by atoms with Crippen LogP contribution >= 0.6 is 23.6 Å². The van der Waals surface area contributed by atoms with E-state index in [1.807, 2.05) is 25.2 Å². The highest BCUT2D eigenvalue weighted by Gasteiger charge is 2.17. The molecule has 0 fully saturated rings. The molecule has 9 heteroatoms. The van der Waals surface area contributed by atoms with Gasteiger partial charge in [0.05, 0.1) is 17.3 Å². The fraction of sp³-hybridized carbons (Fsp3) is 0.130. The minimum atomic E-state index is -0.397. The Bertz CT molecular complexity index is 1590. The maximum atomic E-state index is 13.2. The molecule has 0 amide bonds. The molecule has 0 aliphatic carbocycles. The van der Waals surface area contributed by atoms with E-state index in [1.165, 1.54) is 34.8 Å². The van der Waals surface area contributed by atoms with E-state index in [1.54, 1.807) is 6.07 Å². The second-order valence-corrected chi connectivity index (χ2v) is 8.60. The molecule has 5 rings (SSSR count). The maximum Gasteiger partial charge on any atom is 0.290 e. The van der Waals surface area contributed by atoms with E-state index in [0.29, 0.717) is 10.9 Å². The van der Waals surface area contributed by atoms with Crippen LogP contribution in [0.25, 0.3) is 26.4 Å². The molecule has 5 aromatic rings. The minimum Gasteiger partial charge on any atom is -0.493 e. The predicted octanol–water partition coefficient (Wildman–Crippen LogP) is 5.40. The third-order valence-electron chi connectivity index (χ3n) is 5.23. The standard InChI is InChI=1S/C23H18N4O3S2/c1-13-4-6-14(7-5-13)26(2)15-8-9-16-18(12-15)32-22(25-16)27-21(28)19-20(30-23(27)31)17(29-3)10-11-24-19/h4-12H,1-3H3. The molecule has 0 N–H and O–H groups in total. The Kier molecular flexibility index (Phi) is 4.99. The van der Waals surface area contributed by atoms with Crippen molar-refractivity contribution < 1.29 is 9.15 Å². The monoisotopic (exact) mass is 462 g/mol. The van der Waals surface area contributed by atoms with E-state index in [9.17, 15) is 4.79 Å². The summed E-state index contributed by atoms with van der Waals surface area (Å²) < 4.78 is 13.2. The van der Waals surface area contributed by atoms with Gasteiger partial charge in [0.2, 0.25) is 10.7 Å². The first kappa shape index (κ1) is 20.3. The van der Waals surface area contributed by atoms with E-state index in [2.05, 4.69) is 46.1 Å². The molecule has 0 unspecified atom stereocenters. The van der Waals surface area contributed by atoms with Gasteiger partial charge in [-0.1, -0.05) is 29.0 Å². The quantitative estimate of drug-likeness (QED) is 0.331. The molecule has 0 bridgehead atoms. The van der Waals surface area contributed by atoms with Crippen LogP contribution in [0.4, 0.5) is 11.4 Å². The summed E-state index contributed by atoms with van der Waals surface area (Å²) in [4.78, 5) is 24.0. The van der Waals surface area contributed by atoms with Crippen LogP contribution in [0.1, 0.15) is 5.56 Å². The number of aromatic nitrogens is 3. The van der Waals surface area contributed by atoms with Gasteiger partial charge in [-0.25, -0.2) is 14.5 Å².